The number of benzene rings is 1. The largest absolute Gasteiger partial charge is 0.509 e. The summed E-state index contributed by atoms with van der Waals surface area (Å²) in [6.07, 6.45) is -6.21. The lowest BCUT2D eigenvalue weighted by atomic mass is 9.74. The van der Waals surface area contributed by atoms with Gasteiger partial charge in [0.05, 0.1) is 6.61 Å². The predicted octanol–water partition coefficient (Wildman–Crippen LogP) is 5.09. The Morgan fingerprint density at radius 2 is 1.29 bits per heavy atom. The molecule has 0 spiro atoms. The van der Waals surface area contributed by atoms with Crippen LogP contribution in [-0.4, -0.2) is 86.9 Å². The summed E-state index contributed by atoms with van der Waals surface area (Å²) in [4.78, 5) is 56.6. The van der Waals surface area contributed by atoms with Crippen LogP contribution in [0.2, 0.25) is 0 Å². The van der Waals surface area contributed by atoms with Crippen molar-refractivity contribution in [1.82, 2.24) is 0 Å². The minimum absolute atomic E-state index is 0.251. The van der Waals surface area contributed by atoms with Gasteiger partial charge in [0, 0.05) is 6.42 Å². The molecular formula is C36H52O13. The lowest BCUT2D eigenvalue weighted by molar-refractivity contribution is -0.376. The van der Waals surface area contributed by atoms with Crippen LogP contribution in [-0.2, 0) is 58.9 Å². The van der Waals surface area contributed by atoms with E-state index in [1.807, 2.05) is 0 Å². The zero-order valence-corrected chi connectivity index (χ0v) is 30.7. The van der Waals surface area contributed by atoms with Crippen molar-refractivity contribution in [2.24, 2.45) is 0 Å². The Morgan fingerprint density at radius 1 is 0.776 bits per heavy atom. The molecule has 0 aliphatic carbocycles. The van der Waals surface area contributed by atoms with E-state index in [9.17, 15) is 24.3 Å². The fraction of sp³-hybridized carbons (Fsp3) is 0.667. The second-order valence-electron chi connectivity index (χ2n) is 16.2. The number of hydrogen-bond acceptors (Lipinski definition) is 13. The molecule has 0 unspecified atom stereocenters. The Morgan fingerprint density at radius 3 is 1.78 bits per heavy atom. The van der Waals surface area contributed by atoms with Gasteiger partial charge < -0.3 is 43.0 Å². The van der Waals surface area contributed by atoms with E-state index in [1.165, 1.54) is 26.8 Å². The second kappa shape index (κ2) is 13.7. The molecule has 2 heterocycles. The molecule has 0 amide bonds. The lowest BCUT2D eigenvalue weighted by Crippen LogP contribution is -2.79. The molecule has 2 aliphatic heterocycles. The van der Waals surface area contributed by atoms with E-state index >= 15 is 0 Å². The van der Waals surface area contributed by atoms with Crippen LogP contribution in [0.3, 0.4) is 0 Å². The molecule has 13 nitrogen and oxygen atoms in total. The van der Waals surface area contributed by atoms with E-state index in [4.69, 9.17) is 37.9 Å². The Kier molecular flexibility index (Phi) is 11.1. The highest BCUT2D eigenvalue weighted by atomic mass is 16.8. The number of hydrogen-bond donors (Lipinski definition) is 1. The molecule has 1 N–H and O–H groups in total. The summed E-state index contributed by atoms with van der Waals surface area (Å²) in [5, 5.41) is 12.9. The number of rotatable bonds is 9. The third-order valence-electron chi connectivity index (χ3n) is 7.05. The maximum atomic E-state index is 14.8. The number of fused-ring (bicyclic) bond motifs is 2. The van der Waals surface area contributed by atoms with Gasteiger partial charge in [0.1, 0.15) is 28.5 Å². The Bertz CT molecular complexity index is 1390. The minimum Gasteiger partial charge on any atom is -0.458 e. The van der Waals surface area contributed by atoms with Crippen LogP contribution in [0.15, 0.2) is 43.0 Å². The standard InChI is InChI=1S/C36H52O13/c1-14-20-34-23(43-29(40)48-33(11,12)13)24(42-21-22-18-16-15-17-19-22)36(49-34,28(39)47-32(8,9)10)35(41,27(38)46-31(5,6)7)25(44-34)26(37)45-30(2,3)4/h14-19,23-25,41H,1,20-21H2,2-13H3/t23-,24-,25-,34+,35-,36+/m1/s1. The van der Waals surface area contributed by atoms with Crippen LogP contribution >= 0.6 is 0 Å². The predicted molar refractivity (Wildman–Crippen MR) is 175 cm³/mol. The normalized spacial score (nSPS) is 28.6. The third kappa shape index (κ3) is 8.80. The van der Waals surface area contributed by atoms with Crippen LogP contribution in [0.1, 0.15) is 95.1 Å². The van der Waals surface area contributed by atoms with Gasteiger partial charge >= 0.3 is 24.1 Å². The maximum absolute atomic E-state index is 14.8. The van der Waals surface area contributed by atoms with Gasteiger partial charge in [-0.15, -0.1) is 6.58 Å². The Labute approximate surface area is 288 Å². The number of esters is 3. The van der Waals surface area contributed by atoms with Gasteiger partial charge in [0.25, 0.3) is 0 Å². The van der Waals surface area contributed by atoms with Gasteiger partial charge in [0.15, 0.2) is 6.10 Å². The quantitative estimate of drug-likeness (QED) is 0.207. The van der Waals surface area contributed by atoms with Crippen molar-refractivity contribution in [1.29, 1.82) is 0 Å². The van der Waals surface area contributed by atoms with Gasteiger partial charge in [-0.3, -0.25) is 0 Å². The zero-order chi connectivity index (χ0) is 37.4. The Hall–Kier alpha value is -3.52. The highest BCUT2D eigenvalue weighted by Crippen LogP contribution is 2.58. The molecule has 2 bridgehead atoms. The molecular weight excluding hydrogens is 640 g/mol. The molecule has 1 aromatic carbocycles. The first-order valence-corrected chi connectivity index (χ1v) is 16.2. The second-order valence-corrected chi connectivity index (χ2v) is 16.2. The van der Waals surface area contributed by atoms with Crippen molar-refractivity contribution in [3.05, 3.63) is 48.6 Å². The summed E-state index contributed by atoms with van der Waals surface area (Å²) in [5.74, 6) is -6.34. The fourth-order valence-electron chi connectivity index (χ4n) is 5.46. The van der Waals surface area contributed by atoms with E-state index in [1.54, 1.807) is 92.6 Å². The topological polar surface area (TPSA) is 162 Å². The van der Waals surface area contributed by atoms with E-state index < -0.39 is 81.8 Å². The summed E-state index contributed by atoms with van der Waals surface area (Å²) in [6.45, 7) is 22.3. The van der Waals surface area contributed by atoms with Crippen molar-refractivity contribution in [2.45, 2.75) is 154 Å². The molecule has 0 saturated carbocycles. The van der Waals surface area contributed by atoms with Crippen LogP contribution in [0.25, 0.3) is 0 Å². The Balaban J connectivity index is 2.46. The third-order valence-corrected chi connectivity index (χ3v) is 7.05. The van der Waals surface area contributed by atoms with Crippen molar-refractivity contribution in [3.63, 3.8) is 0 Å². The minimum atomic E-state index is -3.36. The first-order chi connectivity index (χ1) is 22.2. The van der Waals surface area contributed by atoms with Crippen molar-refractivity contribution >= 4 is 24.1 Å². The van der Waals surface area contributed by atoms with E-state index in [0.29, 0.717) is 5.56 Å². The first-order valence-electron chi connectivity index (χ1n) is 16.2. The van der Waals surface area contributed by atoms with Crippen molar-refractivity contribution in [2.75, 3.05) is 0 Å². The molecule has 49 heavy (non-hydrogen) atoms. The summed E-state index contributed by atoms with van der Waals surface area (Å²) < 4.78 is 47.5. The smallest absolute Gasteiger partial charge is 0.458 e. The van der Waals surface area contributed by atoms with Crippen LogP contribution in [0.5, 0.6) is 0 Å². The van der Waals surface area contributed by atoms with E-state index in [2.05, 4.69) is 6.58 Å². The molecule has 2 aliphatic rings. The summed E-state index contributed by atoms with van der Waals surface area (Å²) in [6, 6.07) is 8.74. The average Bonchev–Trinajstić information content (AvgIpc) is 3.13. The van der Waals surface area contributed by atoms with Crippen LogP contribution < -0.4 is 0 Å². The molecule has 13 heteroatoms. The molecule has 0 aromatic heterocycles. The zero-order valence-electron chi connectivity index (χ0n) is 30.7. The summed E-state index contributed by atoms with van der Waals surface area (Å²) >= 11 is 0. The highest BCUT2D eigenvalue weighted by molar-refractivity contribution is 5.99. The lowest BCUT2D eigenvalue weighted by Gasteiger charge is -2.51. The molecule has 274 valence electrons. The molecule has 1 aromatic rings. The SMILES string of the molecule is C=CC[C@]12O[C@H](C(=O)OC(C)(C)C)[C@@](O)(C(=O)OC(C)(C)C)[C@](C(=O)OC(C)(C)C)(O1)[C@H](OCc1ccccc1)[C@H]2OC(=O)OC(C)(C)C. The molecule has 2 fully saturated rings. The van der Waals surface area contributed by atoms with Gasteiger partial charge in [-0.1, -0.05) is 36.4 Å². The van der Waals surface area contributed by atoms with Crippen LogP contribution in [0, 0.1) is 0 Å². The number of aliphatic hydroxyl groups is 1. The average molecular weight is 693 g/mol. The van der Waals surface area contributed by atoms with Gasteiger partial charge in [-0.05, 0) is 88.6 Å². The van der Waals surface area contributed by atoms with Gasteiger partial charge in [-0.2, -0.15) is 0 Å². The summed E-state index contributed by atoms with van der Waals surface area (Å²) in [5.41, 5.74) is -10.4. The number of carbonyl (C=O) groups excluding carboxylic acids is 4. The summed E-state index contributed by atoms with van der Waals surface area (Å²) in [7, 11) is 0. The van der Waals surface area contributed by atoms with E-state index in [0.717, 1.165) is 0 Å². The molecule has 3 rings (SSSR count). The molecule has 6 atom stereocenters. The number of ether oxygens (including phenoxy) is 8. The molecule has 0 radical (unpaired) electrons. The van der Waals surface area contributed by atoms with Gasteiger partial charge in [0.2, 0.25) is 23.1 Å². The number of carbonyl (C=O) groups is 4. The maximum Gasteiger partial charge on any atom is 0.509 e. The van der Waals surface area contributed by atoms with Gasteiger partial charge in [-0.25, -0.2) is 19.2 Å². The fourth-order valence-corrected chi connectivity index (χ4v) is 5.46. The van der Waals surface area contributed by atoms with Crippen LogP contribution in [0.4, 0.5) is 4.79 Å². The molecule has 2 saturated heterocycles. The monoisotopic (exact) mass is 692 g/mol. The van der Waals surface area contributed by atoms with Crippen molar-refractivity contribution < 1.29 is 62.2 Å². The van der Waals surface area contributed by atoms with E-state index in [-0.39, 0.29) is 13.0 Å². The van der Waals surface area contributed by atoms with Crippen molar-refractivity contribution in [3.8, 4) is 0 Å². The highest BCUT2D eigenvalue weighted by Gasteiger charge is 2.87. The first kappa shape index (κ1) is 39.9.